The minimum absolute atomic E-state index is 0.0189. The van der Waals surface area contributed by atoms with E-state index in [1.807, 2.05) is 37.3 Å². The quantitative estimate of drug-likeness (QED) is 0.152. The monoisotopic (exact) mass is 653 g/mol. The van der Waals surface area contributed by atoms with Gasteiger partial charge in [-0.1, -0.05) is 41.4 Å². The Kier molecular flexibility index (Phi) is 8.41. The highest BCUT2D eigenvalue weighted by molar-refractivity contribution is 9.10. The molecular formula is C29H25BrClN5O4S. The molecule has 41 heavy (non-hydrogen) atoms. The van der Waals surface area contributed by atoms with Gasteiger partial charge in [0, 0.05) is 22.2 Å². The van der Waals surface area contributed by atoms with E-state index in [-0.39, 0.29) is 18.0 Å². The van der Waals surface area contributed by atoms with E-state index in [0.29, 0.717) is 33.6 Å². The standard InChI is InChI=1S/C29H25BrClN5O4S/c1-19-3-5-21(6-4-19)16-35(41(38,39)26-12-8-23(31)9-13-26)18-25-11-10-24(40-25)15-32-34-29(37)28-20(2)33-27-14-7-22(30)17-36(27)28/h3-15,17H,16,18H2,1-2H3,(H,34,37)/b32-15+. The fourth-order valence-corrected chi connectivity index (χ4v) is 6.08. The number of hydrogen-bond acceptors (Lipinski definition) is 6. The third-order valence-electron chi connectivity index (χ3n) is 6.28. The molecule has 0 aliphatic carbocycles. The van der Waals surface area contributed by atoms with Gasteiger partial charge in [0.25, 0.3) is 5.91 Å². The molecule has 0 spiro atoms. The molecule has 0 atom stereocenters. The molecule has 12 heteroatoms. The molecule has 0 unspecified atom stereocenters. The van der Waals surface area contributed by atoms with Crippen LogP contribution in [0.15, 0.2) is 97.9 Å². The molecule has 9 nitrogen and oxygen atoms in total. The lowest BCUT2D eigenvalue weighted by Crippen LogP contribution is -2.30. The lowest BCUT2D eigenvalue weighted by Gasteiger charge is -2.21. The number of nitrogens with one attached hydrogen (secondary N) is 1. The van der Waals surface area contributed by atoms with E-state index in [1.165, 1.54) is 22.7 Å². The molecule has 1 amide bonds. The van der Waals surface area contributed by atoms with Crippen molar-refractivity contribution in [1.82, 2.24) is 19.1 Å². The van der Waals surface area contributed by atoms with Gasteiger partial charge in [-0.25, -0.2) is 18.8 Å². The summed E-state index contributed by atoms with van der Waals surface area (Å²) in [6.07, 6.45) is 3.11. The fourth-order valence-electron chi connectivity index (χ4n) is 4.22. The molecule has 210 valence electrons. The number of imidazole rings is 1. The molecular weight excluding hydrogens is 630 g/mol. The maximum atomic E-state index is 13.6. The van der Waals surface area contributed by atoms with Crippen LogP contribution in [0.1, 0.15) is 38.8 Å². The van der Waals surface area contributed by atoms with Crippen molar-refractivity contribution in [2.45, 2.75) is 31.8 Å². The number of aryl methyl sites for hydroxylation is 2. The van der Waals surface area contributed by atoms with Crippen LogP contribution in [0.5, 0.6) is 0 Å². The fraction of sp³-hybridized carbons (Fsp3) is 0.138. The first-order valence-corrected chi connectivity index (χ1v) is 15.1. The zero-order valence-electron chi connectivity index (χ0n) is 22.1. The van der Waals surface area contributed by atoms with E-state index in [1.54, 1.807) is 47.9 Å². The van der Waals surface area contributed by atoms with Gasteiger partial charge in [0.15, 0.2) is 0 Å². The molecule has 2 aromatic carbocycles. The number of carbonyl (C=O) groups excluding carboxylic acids is 1. The van der Waals surface area contributed by atoms with E-state index >= 15 is 0 Å². The number of furan rings is 1. The summed E-state index contributed by atoms with van der Waals surface area (Å²) >= 11 is 9.39. The summed E-state index contributed by atoms with van der Waals surface area (Å²) in [5, 5.41) is 4.47. The number of halogens is 2. The first-order chi connectivity index (χ1) is 19.6. The highest BCUT2D eigenvalue weighted by Crippen LogP contribution is 2.24. The van der Waals surface area contributed by atoms with E-state index in [4.69, 9.17) is 16.0 Å². The van der Waals surface area contributed by atoms with Crippen molar-refractivity contribution in [3.05, 3.63) is 123 Å². The van der Waals surface area contributed by atoms with Gasteiger partial charge < -0.3 is 4.42 Å². The Balaban J connectivity index is 1.33. The Morgan fingerprint density at radius 3 is 2.51 bits per heavy atom. The van der Waals surface area contributed by atoms with E-state index in [2.05, 4.69) is 31.4 Å². The lowest BCUT2D eigenvalue weighted by atomic mass is 10.1. The number of hydrazone groups is 1. The third kappa shape index (κ3) is 6.59. The molecule has 0 saturated heterocycles. The average Bonchev–Trinajstić information content (AvgIpc) is 3.52. The molecule has 0 saturated carbocycles. The Morgan fingerprint density at radius 1 is 1.05 bits per heavy atom. The average molecular weight is 655 g/mol. The number of fused-ring (bicyclic) bond motifs is 1. The molecule has 0 fully saturated rings. The number of benzene rings is 2. The molecule has 0 bridgehead atoms. The Hall–Kier alpha value is -3.77. The van der Waals surface area contributed by atoms with Gasteiger partial charge in [0.2, 0.25) is 10.0 Å². The van der Waals surface area contributed by atoms with Crippen molar-refractivity contribution < 1.29 is 17.6 Å². The number of hydrogen-bond donors (Lipinski definition) is 1. The van der Waals surface area contributed by atoms with E-state index < -0.39 is 15.9 Å². The van der Waals surface area contributed by atoms with Gasteiger partial charge in [-0.05, 0) is 83.9 Å². The summed E-state index contributed by atoms with van der Waals surface area (Å²) in [4.78, 5) is 17.4. The topological polar surface area (TPSA) is 109 Å². The first-order valence-electron chi connectivity index (χ1n) is 12.5. The Bertz CT molecular complexity index is 1850. The molecule has 0 aliphatic heterocycles. The van der Waals surface area contributed by atoms with E-state index in [0.717, 1.165) is 15.6 Å². The van der Waals surface area contributed by atoms with Gasteiger partial charge in [-0.3, -0.25) is 9.20 Å². The molecule has 0 radical (unpaired) electrons. The molecule has 0 aliphatic rings. The van der Waals surface area contributed by atoms with Crippen molar-refractivity contribution in [2.24, 2.45) is 5.10 Å². The number of aromatic nitrogens is 2. The van der Waals surface area contributed by atoms with Crippen LogP contribution >= 0.6 is 27.5 Å². The summed E-state index contributed by atoms with van der Waals surface area (Å²) in [6, 6.07) is 20.7. The van der Waals surface area contributed by atoms with E-state index in [9.17, 15) is 13.2 Å². The van der Waals surface area contributed by atoms with Crippen molar-refractivity contribution >= 4 is 55.3 Å². The second kappa shape index (κ2) is 12.0. The lowest BCUT2D eigenvalue weighted by molar-refractivity contribution is 0.0948. The number of pyridine rings is 1. The zero-order valence-corrected chi connectivity index (χ0v) is 25.2. The maximum absolute atomic E-state index is 13.6. The SMILES string of the molecule is Cc1ccc(CN(Cc2ccc(/C=N/NC(=O)c3c(C)nc4ccc(Br)cn34)o2)S(=O)(=O)c2ccc(Cl)cc2)cc1. The van der Waals surface area contributed by atoms with Crippen molar-refractivity contribution in [3.63, 3.8) is 0 Å². The molecule has 5 aromatic rings. The van der Waals surface area contributed by atoms with Crippen molar-refractivity contribution in [1.29, 1.82) is 0 Å². The number of sulfonamides is 1. The highest BCUT2D eigenvalue weighted by Gasteiger charge is 2.26. The second-order valence-corrected chi connectivity index (χ2v) is 12.6. The van der Waals surface area contributed by atoms with Crippen molar-refractivity contribution in [2.75, 3.05) is 0 Å². The van der Waals surface area contributed by atoms with Crippen LogP contribution in [0.25, 0.3) is 5.65 Å². The summed E-state index contributed by atoms with van der Waals surface area (Å²) < 4.78 is 36.8. The van der Waals surface area contributed by atoms with Gasteiger partial charge in [0.1, 0.15) is 22.9 Å². The van der Waals surface area contributed by atoms with Gasteiger partial charge in [0.05, 0.1) is 23.3 Å². The minimum Gasteiger partial charge on any atom is -0.459 e. The molecule has 5 rings (SSSR count). The Morgan fingerprint density at radius 2 is 1.78 bits per heavy atom. The van der Waals surface area contributed by atoms with Gasteiger partial charge >= 0.3 is 0 Å². The number of rotatable bonds is 9. The van der Waals surface area contributed by atoms with Crippen LogP contribution in [0.3, 0.4) is 0 Å². The largest absolute Gasteiger partial charge is 0.459 e. The minimum atomic E-state index is -3.88. The maximum Gasteiger partial charge on any atom is 0.290 e. The second-order valence-electron chi connectivity index (χ2n) is 9.34. The van der Waals surface area contributed by atoms with Crippen LogP contribution in [0, 0.1) is 13.8 Å². The zero-order chi connectivity index (χ0) is 29.1. The highest BCUT2D eigenvalue weighted by atomic mass is 79.9. The molecule has 3 heterocycles. The molecule has 3 aromatic heterocycles. The number of nitrogens with zero attached hydrogens (tertiary/aromatic N) is 4. The third-order valence-corrected chi connectivity index (χ3v) is 8.80. The smallest absolute Gasteiger partial charge is 0.290 e. The summed E-state index contributed by atoms with van der Waals surface area (Å²) in [5.41, 5.74) is 5.97. The number of amides is 1. The van der Waals surface area contributed by atoms with Gasteiger partial charge in [-0.15, -0.1) is 0 Å². The van der Waals surface area contributed by atoms with Crippen LogP contribution in [-0.2, 0) is 23.1 Å². The number of carbonyl (C=O) groups is 1. The van der Waals surface area contributed by atoms with Gasteiger partial charge in [-0.2, -0.15) is 9.41 Å². The van der Waals surface area contributed by atoms with Crippen molar-refractivity contribution in [3.8, 4) is 0 Å². The summed E-state index contributed by atoms with van der Waals surface area (Å²) in [6.45, 7) is 3.84. The Labute approximate surface area is 250 Å². The normalized spacial score (nSPS) is 12.0. The van der Waals surface area contributed by atoms with Crippen LogP contribution < -0.4 is 5.43 Å². The van der Waals surface area contributed by atoms with Crippen LogP contribution in [0.4, 0.5) is 0 Å². The summed E-state index contributed by atoms with van der Waals surface area (Å²) in [5.74, 6) is 0.316. The summed E-state index contributed by atoms with van der Waals surface area (Å²) in [7, 11) is -3.88. The first kappa shape index (κ1) is 28.7. The van der Waals surface area contributed by atoms with Crippen LogP contribution in [0.2, 0.25) is 5.02 Å². The van der Waals surface area contributed by atoms with Crippen LogP contribution in [-0.4, -0.2) is 34.2 Å². The predicted octanol–water partition coefficient (Wildman–Crippen LogP) is 6.12. The molecule has 1 N–H and O–H groups in total. The predicted molar refractivity (Wildman–Crippen MR) is 160 cm³/mol.